The highest BCUT2D eigenvalue weighted by atomic mass is 32.2. The Morgan fingerprint density at radius 1 is 1.35 bits per heavy atom. The first kappa shape index (κ1) is 14.0. The maximum absolute atomic E-state index is 11.9. The molecular formula is C11H12N4O4S. The number of hydrogen-bond acceptors (Lipinski definition) is 6. The van der Waals surface area contributed by atoms with Crippen LogP contribution in [0, 0.1) is 0 Å². The van der Waals surface area contributed by atoms with Crippen molar-refractivity contribution in [2.24, 2.45) is 5.73 Å². The maximum atomic E-state index is 11.9. The molecule has 1 aromatic carbocycles. The zero-order valence-electron chi connectivity index (χ0n) is 10.7. The van der Waals surface area contributed by atoms with Gasteiger partial charge >= 0.3 is 0 Å². The summed E-state index contributed by atoms with van der Waals surface area (Å²) in [6, 6.07) is 4.40. The Morgan fingerprint density at radius 3 is 2.60 bits per heavy atom. The Balaban J connectivity index is 2.74. The molecule has 2 aromatic rings. The van der Waals surface area contributed by atoms with E-state index in [0.717, 1.165) is 6.26 Å². The van der Waals surface area contributed by atoms with Crippen molar-refractivity contribution < 1.29 is 17.9 Å². The van der Waals surface area contributed by atoms with Crippen LogP contribution in [0.4, 0.5) is 0 Å². The molecule has 0 saturated carbocycles. The van der Waals surface area contributed by atoms with E-state index in [0.29, 0.717) is 5.75 Å². The number of amides is 1. The van der Waals surface area contributed by atoms with E-state index >= 15 is 0 Å². The van der Waals surface area contributed by atoms with Gasteiger partial charge in [-0.05, 0) is 18.2 Å². The van der Waals surface area contributed by atoms with Gasteiger partial charge in [-0.25, -0.2) is 8.42 Å². The Bertz CT molecular complexity index is 766. The van der Waals surface area contributed by atoms with E-state index < -0.39 is 15.7 Å². The van der Waals surface area contributed by atoms with Crippen LogP contribution in [-0.2, 0) is 9.84 Å². The number of nitrogens with one attached hydrogen (secondary N) is 1. The summed E-state index contributed by atoms with van der Waals surface area (Å²) in [4.78, 5) is 11.2. The highest BCUT2D eigenvalue weighted by molar-refractivity contribution is 7.90. The van der Waals surface area contributed by atoms with Gasteiger partial charge < -0.3 is 10.5 Å². The number of H-pyrrole nitrogens is 1. The van der Waals surface area contributed by atoms with Gasteiger partial charge in [-0.15, -0.1) is 0 Å². The van der Waals surface area contributed by atoms with Crippen LogP contribution in [0.15, 0.2) is 23.1 Å². The second-order valence-corrected chi connectivity index (χ2v) is 6.00. The summed E-state index contributed by atoms with van der Waals surface area (Å²) in [7, 11) is -2.13. The molecule has 2 rings (SSSR count). The summed E-state index contributed by atoms with van der Waals surface area (Å²) in [5, 5.41) is 9.67. The second-order valence-electron chi connectivity index (χ2n) is 4.02. The first-order valence-electron chi connectivity index (χ1n) is 5.43. The number of methoxy groups -OCH3 is 1. The fourth-order valence-electron chi connectivity index (χ4n) is 1.72. The molecule has 9 heteroatoms. The van der Waals surface area contributed by atoms with Gasteiger partial charge in [0.25, 0.3) is 5.91 Å². The fraction of sp³-hybridized carbons (Fsp3) is 0.182. The van der Waals surface area contributed by atoms with E-state index in [9.17, 15) is 13.2 Å². The number of carbonyl (C=O) groups is 1. The van der Waals surface area contributed by atoms with Gasteiger partial charge in [-0.3, -0.25) is 4.79 Å². The minimum Gasteiger partial charge on any atom is -0.497 e. The van der Waals surface area contributed by atoms with Crippen LogP contribution >= 0.6 is 0 Å². The first-order chi connectivity index (χ1) is 9.34. The van der Waals surface area contributed by atoms with Crippen molar-refractivity contribution in [3.63, 3.8) is 0 Å². The third-order valence-electron chi connectivity index (χ3n) is 2.62. The van der Waals surface area contributed by atoms with Crippen LogP contribution in [0.2, 0.25) is 0 Å². The average molecular weight is 296 g/mol. The molecule has 0 unspecified atom stereocenters. The van der Waals surface area contributed by atoms with Gasteiger partial charge in [0.05, 0.1) is 12.0 Å². The second kappa shape index (κ2) is 4.93. The largest absolute Gasteiger partial charge is 0.497 e. The Labute approximate surface area is 114 Å². The summed E-state index contributed by atoms with van der Waals surface area (Å²) in [5.41, 5.74) is 5.37. The van der Waals surface area contributed by atoms with Crippen molar-refractivity contribution in [3.8, 4) is 17.0 Å². The third kappa shape index (κ3) is 2.48. The number of ether oxygens (including phenoxy) is 1. The predicted molar refractivity (Wildman–Crippen MR) is 70.0 cm³/mol. The van der Waals surface area contributed by atoms with Crippen molar-refractivity contribution in [2.75, 3.05) is 13.4 Å². The third-order valence-corrected chi connectivity index (χ3v) is 3.76. The van der Waals surface area contributed by atoms with Gasteiger partial charge in [0.1, 0.15) is 11.4 Å². The van der Waals surface area contributed by atoms with Crippen molar-refractivity contribution in [1.29, 1.82) is 0 Å². The molecule has 1 amide bonds. The molecular weight excluding hydrogens is 284 g/mol. The summed E-state index contributed by atoms with van der Waals surface area (Å²) in [5.74, 6) is -0.428. The molecule has 1 heterocycles. The number of aromatic nitrogens is 3. The SMILES string of the molecule is COc1ccc(-c2n[nH]nc2C(N)=O)c(S(C)(=O)=O)c1. The number of sulfone groups is 1. The van der Waals surface area contributed by atoms with E-state index in [-0.39, 0.29) is 21.8 Å². The van der Waals surface area contributed by atoms with E-state index in [1.807, 2.05) is 0 Å². The summed E-state index contributed by atoms with van der Waals surface area (Å²) < 4.78 is 28.7. The zero-order chi connectivity index (χ0) is 14.9. The molecule has 0 radical (unpaired) electrons. The Kier molecular flexibility index (Phi) is 3.45. The number of aromatic amines is 1. The number of primary amides is 1. The lowest BCUT2D eigenvalue weighted by Gasteiger charge is -2.08. The van der Waals surface area contributed by atoms with Crippen LogP contribution in [0.3, 0.4) is 0 Å². The number of nitrogens with two attached hydrogens (primary N) is 1. The van der Waals surface area contributed by atoms with E-state index in [1.165, 1.54) is 19.2 Å². The van der Waals surface area contributed by atoms with Crippen LogP contribution in [0.5, 0.6) is 5.75 Å². The molecule has 0 aliphatic carbocycles. The maximum Gasteiger partial charge on any atom is 0.271 e. The van der Waals surface area contributed by atoms with Crippen molar-refractivity contribution in [3.05, 3.63) is 23.9 Å². The summed E-state index contributed by atoms with van der Waals surface area (Å²) in [6.45, 7) is 0. The van der Waals surface area contributed by atoms with Crippen LogP contribution in [-0.4, -0.2) is 43.1 Å². The molecule has 0 aliphatic heterocycles. The van der Waals surface area contributed by atoms with E-state index in [4.69, 9.17) is 10.5 Å². The van der Waals surface area contributed by atoms with Crippen LogP contribution < -0.4 is 10.5 Å². The van der Waals surface area contributed by atoms with Crippen molar-refractivity contribution >= 4 is 15.7 Å². The van der Waals surface area contributed by atoms with E-state index in [2.05, 4.69) is 15.4 Å². The molecule has 0 spiro atoms. The lowest BCUT2D eigenvalue weighted by Crippen LogP contribution is -2.13. The predicted octanol–water partition coefficient (Wildman–Crippen LogP) is -0.0173. The van der Waals surface area contributed by atoms with E-state index in [1.54, 1.807) is 6.07 Å². The number of carbonyl (C=O) groups excluding carboxylic acids is 1. The fourth-order valence-corrected chi connectivity index (χ4v) is 2.62. The molecule has 0 atom stereocenters. The molecule has 0 aliphatic rings. The molecule has 8 nitrogen and oxygen atoms in total. The summed E-state index contributed by atoms with van der Waals surface area (Å²) in [6.07, 6.45) is 1.05. The Hall–Kier alpha value is -2.42. The highest BCUT2D eigenvalue weighted by Crippen LogP contribution is 2.30. The minimum absolute atomic E-state index is 0.0201. The average Bonchev–Trinajstić information content (AvgIpc) is 2.86. The first-order valence-corrected chi connectivity index (χ1v) is 7.32. The van der Waals surface area contributed by atoms with Gasteiger partial charge in [0.15, 0.2) is 15.5 Å². The highest BCUT2D eigenvalue weighted by Gasteiger charge is 2.22. The van der Waals surface area contributed by atoms with Gasteiger partial charge in [-0.1, -0.05) is 0 Å². The van der Waals surface area contributed by atoms with Crippen molar-refractivity contribution in [1.82, 2.24) is 15.4 Å². The molecule has 0 fully saturated rings. The molecule has 20 heavy (non-hydrogen) atoms. The number of rotatable bonds is 4. The normalized spacial score (nSPS) is 11.3. The monoisotopic (exact) mass is 296 g/mol. The standard InChI is InChI=1S/C11H12N4O4S/c1-19-6-3-4-7(8(5-6)20(2,17)18)9-10(11(12)16)14-15-13-9/h3-5H,1-2H3,(H2,12,16)(H,13,14,15). The quantitative estimate of drug-likeness (QED) is 0.816. The molecule has 106 valence electrons. The van der Waals surface area contributed by atoms with Crippen LogP contribution in [0.25, 0.3) is 11.3 Å². The lowest BCUT2D eigenvalue weighted by atomic mass is 10.1. The molecule has 3 N–H and O–H groups in total. The van der Waals surface area contributed by atoms with Crippen LogP contribution in [0.1, 0.15) is 10.5 Å². The van der Waals surface area contributed by atoms with Gasteiger partial charge in [0, 0.05) is 11.8 Å². The smallest absolute Gasteiger partial charge is 0.271 e. The number of benzene rings is 1. The number of hydrogen-bond donors (Lipinski definition) is 2. The lowest BCUT2D eigenvalue weighted by molar-refractivity contribution is 0.0996. The number of nitrogens with zero attached hydrogens (tertiary/aromatic N) is 2. The molecule has 1 aromatic heterocycles. The summed E-state index contributed by atoms with van der Waals surface area (Å²) >= 11 is 0. The minimum atomic E-state index is -3.55. The topological polar surface area (TPSA) is 128 Å². The van der Waals surface area contributed by atoms with Crippen molar-refractivity contribution in [2.45, 2.75) is 4.90 Å². The molecule has 0 saturated heterocycles. The Morgan fingerprint density at radius 2 is 2.05 bits per heavy atom. The zero-order valence-corrected chi connectivity index (χ0v) is 11.6. The van der Waals surface area contributed by atoms with Gasteiger partial charge in [0.2, 0.25) is 0 Å². The molecule has 0 bridgehead atoms. The van der Waals surface area contributed by atoms with Gasteiger partial charge in [-0.2, -0.15) is 15.4 Å².